The van der Waals surface area contributed by atoms with Gasteiger partial charge in [-0.25, -0.2) is 9.79 Å². The van der Waals surface area contributed by atoms with E-state index in [1.807, 2.05) is 13.8 Å². The first-order valence-electron chi connectivity index (χ1n) is 7.90. The molecule has 1 aromatic rings. The summed E-state index contributed by atoms with van der Waals surface area (Å²) < 4.78 is 1.42. The number of aromatic nitrogens is 2. The molecule has 2 aliphatic rings. The zero-order valence-electron chi connectivity index (χ0n) is 13.3. The molecule has 0 radical (unpaired) electrons. The van der Waals surface area contributed by atoms with Crippen molar-refractivity contribution in [3.63, 3.8) is 0 Å². The Kier molecular flexibility index (Phi) is 4.22. The van der Waals surface area contributed by atoms with Crippen LogP contribution in [0.5, 0.6) is 0 Å². The number of hydrogen-bond acceptors (Lipinski definition) is 4. The number of urea groups is 1. The molecule has 1 saturated carbocycles. The Morgan fingerprint density at radius 1 is 1.43 bits per heavy atom. The normalized spacial score (nSPS) is 19.9. The van der Waals surface area contributed by atoms with Crippen LogP contribution in [0.3, 0.4) is 0 Å². The number of anilines is 1. The lowest BCUT2D eigenvalue weighted by Crippen LogP contribution is -2.32. The first-order chi connectivity index (χ1) is 11.1. The van der Waals surface area contributed by atoms with Crippen LogP contribution in [0.1, 0.15) is 38.3 Å². The fourth-order valence-corrected chi connectivity index (χ4v) is 2.79. The molecule has 1 aliphatic heterocycles. The maximum atomic E-state index is 12.1. The topological polar surface area (TPSA) is 101 Å². The lowest BCUT2D eigenvalue weighted by molar-refractivity contribution is -0.119. The van der Waals surface area contributed by atoms with Crippen LogP contribution in [0.25, 0.3) is 0 Å². The summed E-state index contributed by atoms with van der Waals surface area (Å²) in [5, 5.41) is 9.76. The molecular formula is C15H20N6O2. The van der Waals surface area contributed by atoms with Crippen molar-refractivity contribution in [2.75, 3.05) is 11.9 Å². The van der Waals surface area contributed by atoms with Crippen LogP contribution in [0.2, 0.25) is 0 Å². The van der Waals surface area contributed by atoms with Crippen molar-refractivity contribution in [3.8, 4) is 0 Å². The van der Waals surface area contributed by atoms with Gasteiger partial charge in [-0.15, -0.1) is 0 Å². The third kappa shape index (κ3) is 3.15. The van der Waals surface area contributed by atoms with E-state index in [0.717, 1.165) is 31.4 Å². The van der Waals surface area contributed by atoms with Gasteiger partial charge in [-0.05, 0) is 32.6 Å². The highest BCUT2D eigenvalue weighted by Crippen LogP contribution is 2.27. The van der Waals surface area contributed by atoms with Gasteiger partial charge >= 0.3 is 6.03 Å². The molecule has 0 saturated heterocycles. The summed E-state index contributed by atoms with van der Waals surface area (Å²) in [6, 6.07) is 1.40. The Hall–Kier alpha value is -2.51. The minimum absolute atomic E-state index is 0.167. The van der Waals surface area contributed by atoms with E-state index in [4.69, 9.17) is 0 Å². The Morgan fingerprint density at radius 2 is 2.26 bits per heavy atom. The predicted octanol–water partition coefficient (Wildman–Crippen LogP) is 1.71. The molecule has 1 fully saturated rings. The monoisotopic (exact) mass is 316 g/mol. The number of carbonyl (C=O) groups is 2. The largest absolute Gasteiger partial charge is 0.338 e. The fourth-order valence-electron chi connectivity index (χ4n) is 2.79. The minimum Gasteiger partial charge on any atom is -0.338 e. The Morgan fingerprint density at radius 3 is 3.04 bits per heavy atom. The molecule has 1 atom stereocenters. The van der Waals surface area contributed by atoms with Crippen molar-refractivity contribution < 1.29 is 9.59 Å². The first-order valence-corrected chi connectivity index (χ1v) is 7.90. The van der Waals surface area contributed by atoms with Gasteiger partial charge in [0.1, 0.15) is 5.82 Å². The number of aryl methyl sites for hydroxylation is 1. The van der Waals surface area contributed by atoms with Crippen molar-refractivity contribution in [1.29, 1.82) is 0 Å². The number of aliphatic imine (C=N–C) groups is 2. The summed E-state index contributed by atoms with van der Waals surface area (Å²) in [6.07, 6.45) is 3.44. The molecular weight excluding hydrogens is 296 g/mol. The lowest BCUT2D eigenvalue weighted by Gasteiger charge is -2.15. The maximum Gasteiger partial charge on any atom is 0.320 e. The highest BCUT2D eigenvalue weighted by molar-refractivity contribution is 6.17. The molecule has 0 spiro atoms. The van der Waals surface area contributed by atoms with Crippen molar-refractivity contribution in [2.45, 2.75) is 39.5 Å². The van der Waals surface area contributed by atoms with Gasteiger partial charge in [0.05, 0.1) is 11.6 Å². The summed E-state index contributed by atoms with van der Waals surface area (Å²) in [6.45, 7) is 4.37. The number of carbonyl (C=O) groups excluding carboxylic acids is 2. The average molecular weight is 316 g/mol. The number of rotatable bonds is 3. The van der Waals surface area contributed by atoms with Gasteiger partial charge in [-0.2, -0.15) is 14.8 Å². The summed E-state index contributed by atoms with van der Waals surface area (Å²) in [5.41, 5.74) is 1.58. The summed E-state index contributed by atoms with van der Waals surface area (Å²) in [4.78, 5) is 32.5. The quantitative estimate of drug-likeness (QED) is 0.887. The second kappa shape index (κ2) is 6.31. The molecule has 0 bridgehead atoms. The van der Waals surface area contributed by atoms with Crippen LogP contribution in [0, 0.1) is 12.8 Å². The fraction of sp³-hybridized carbons (Fsp3) is 0.533. The molecule has 8 nitrogen and oxygen atoms in total. The van der Waals surface area contributed by atoms with Gasteiger partial charge in [0.15, 0.2) is 0 Å². The summed E-state index contributed by atoms with van der Waals surface area (Å²) in [5.74, 6) is 0.335. The van der Waals surface area contributed by atoms with Crippen molar-refractivity contribution in [1.82, 2.24) is 15.1 Å². The molecule has 8 heteroatoms. The molecule has 1 aliphatic carbocycles. The van der Waals surface area contributed by atoms with Gasteiger partial charge in [0.25, 0.3) is 11.9 Å². The van der Waals surface area contributed by atoms with Crippen molar-refractivity contribution >= 4 is 29.4 Å². The van der Waals surface area contributed by atoms with Gasteiger partial charge in [-0.1, -0.05) is 6.92 Å². The minimum atomic E-state index is -0.317. The van der Waals surface area contributed by atoms with Crippen LogP contribution < -0.4 is 10.6 Å². The van der Waals surface area contributed by atoms with Crippen LogP contribution >= 0.6 is 0 Å². The molecule has 1 aromatic heterocycles. The van der Waals surface area contributed by atoms with Gasteiger partial charge in [0, 0.05) is 18.3 Å². The molecule has 0 aromatic carbocycles. The van der Waals surface area contributed by atoms with Crippen LogP contribution in [0.15, 0.2) is 16.1 Å². The maximum absolute atomic E-state index is 12.1. The third-order valence-electron chi connectivity index (χ3n) is 3.88. The van der Waals surface area contributed by atoms with Gasteiger partial charge in [-0.3, -0.25) is 10.1 Å². The summed E-state index contributed by atoms with van der Waals surface area (Å²) in [7, 11) is 0. The molecule has 2 N–H and O–H groups in total. The second-order valence-electron chi connectivity index (χ2n) is 5.76. The van der Waals surface area contributed by atoms with E-state index in [1.165, 1.54) is 4.68 Å². The average Bonchev–Trinajstić information content (AvgIpc) is 3.11. The number of nitrogens with one attached hydrogen (secondary N) is 2. The zero-order chi connectivity index (χ0) is 16.4. The van der Waals surface area contributed by atoms with E-state index >= 15 is 0 Å². The third-order valence-corrected chi connectivity index (χ3v) is 3.88. The number of hydrogen-bond donors (Lipinski definition) is 2. The highest BCUT2D eigenvalue weighted by atomic mass is 16.2. The van der Waals surface area contributed by atoms with Crippen LogP contribution in [0.4, 0.5) is 10.6 Å². The predicted molar refractivity (Wildman–Crippen MR) is 86.9 cm³/mol. The molecule has 122 valence electrons. The number of amides is 3. The molecule has 3 amide bonds. The molecule has 2 heterocycles. The van der Waals surface area contributed by atoms with Gasteiger partial charge < -0.3 is 5.32 Å². The molecule has 3 rings (SSSR count). The molecule has 1 unspecified atom stereocenters. The SMILES string of the molecule is CCCNC(=O)Nc1cc(C)nn1C1=NC(=O)C2CCCC2=N1. The van der Waals surface area contributed by atoms with Crippen LogP contribution in [-0.2, 0) is 4.79 Å². The second-order valence-corrected chi connectivity index (χ2v) is 5.76. The van der Waals surface area contributed by atoms with E-state index in [1.54, 1.807) is 6.07 Å². The van der Waals surface area contributed by atoms with E-state index < -0.39 is 0 Å². The Labute approximate surface area is 134 Å². The van der Waals surface area contributed by atoms with Crippen LogP contribution in [-0.4, -0.2) is 39.9 Å². The Bertz CT molecular complexity index is 703. The van der Waals surface area contributed by atoms with E-state index in [-0.39, 0.29) is 23.8 Å². The van der Waals surface area contributed by atoms with Gasteiger partial charge in [0.2, 0.25) is 0 Å². The molecule has 23 heavy (non-hydrogen) atoms. The number of fused-ring (bicyclic) bond motifs is 1. The highest BCUT2D eigenvalue weighted by Gasteiger charge is 2.33. The van der Waals surface area contributed by atoms with Crippen molar-refractivity contribution in [2.24, 2.45) is 15.9 Å². The smallest absolute Gasteiger partial charge is 0.320 e. The summed E-state index contributed by atoms with van der Waals surface area (Å²) >= 11 is 0. The van der Waals surface area contributed by atoms with E-state index in [9.17, 15) is 9.59 Å². The Balaban J connectivity index is 1.86. The number of nitrogens with zero attached hydrogens (tertiary/aromatic N) is 4. The first kappa shape index (κ1) is 15.4. The zero-order valence-corrected chi connectivity index (χ0v) is 13.3. The van der Waals surface area contributed by atoms with Crippen molar-refractivity contribution in [3.05, 3.63) is 11.8 Å². The van der Waals surface area contributed by atoms with E-state index in [2.05, 4.69) is 25.7 Å². The lowest BCUT2D eigenvalue weighted by atomic mass is 10.1. The van der Waals surface area contributed by atoms with E-state index in [0.29, 0.717) is 18.1 Å². The standard InChI is InChI=1S/C15H20N6O2/c1-3-7-16-15(23)18-12-8-9(2)20-21(12)14-17-11-6-4-5-10(11)13(22)19-14/h8,10H,3-7H2,1-2H3,(H2,16,18,23).